The number of aromatic nitrogens is 4. The fourth-order valence-electron chi connectivity index (χ4n) is 1.80. The Morgan fingerprint density at radius 3 is 2.60 bits per heavy atom. The minimum Gasteiger partial charge on any atom is -0.270 e. The van der Waals surface area contributed by atoms with Crippen molar-refractivity contribution in [2.24, 2.45) is 5.84 Å². The van der Waals surface area contributed by atoms with Gasteiger partial charge in [0.05, 0.1) is 23.1 Å². The summed E-state index contributed by atoms with van der Waals surface area (Å²) in [6, 6.07) is 1.67. The molecule has 2 rings (SSSR count). The predicted molar refractivity (Wildman–Crippen MR) is 64.1 cm³/mol. The van der Waals surface area contributed by atoms with Crippen LogP contribution in [0.15, 0.2) is 24.5 Å². The van der Waals surface area contributed by atoms with Gasteiger partial charge >= 0.3 is 6.18 Å². The zero-order chi connectivity index (χ0) is 14.8. The maximum absolute atomic E-state index is 12.5. The van der Waals surface area contributed by atoms with Crippen molar-refractivity contribution < 1.29 is 13.2 Å². The summed E-state index contributed by atoms with van der Waals surface area (Å²) in [4.78, 5) is 3.82. The zero-order valence-corrected chi connectivity index (χ0v) is 10.6. The number of nitrogens with two attached hydrogens (primary N) is 1. The van der Waals surface area contributed by atoms with Crippen molar-refractivity contribution >= 4 is 0 Å². The van der Waals surface area contributed by atoms with Crippen LogP contribution >= 0.6 is 0 Å². The monoisotopic (exact) mass is 286 g/mol. The maximum Gasteiger partial charge on any atom is 0.417 e. The average molecular weight is 286 g/mol. The molecule has 0 bridgehead atoms. The van der Waals surface area contributed by atoms with E-state index >= 15 is 0 Å². The molecule has 2 heterocycles. The van der Waals surface area contributed by atoms with Gasteiger partial charge in [0.15, 0.2) is 0 Å². The number of aryl methyl sites for hydroxylation is 1. The zero-order valence-electron chi connectivity index (χ0n) is 10.6. The van der Waals surface area contributed by atoms with Crippen molar-refractivity contribution in [3.63, 3.8) is 0 Å². The van der Waals surface area contributed by atoms with Gasteiger partial charge < -0.3 is 0 Å². The van der Waals surface area contributed by atoms with E-state index in [1.54, 1.807) is 4.68 Å². The molecule has 1 unspecified atom stereocenters. The van der Waals surface area contributed by atoms with Gasteiger partial charge in [0.2, 0.25) is 0 Å². The highest BCUT2D eigenvalue weighted by molar-refractivity contribution is 5.24. The van der Waals surface area contributed by atoms with Crippen LogP contribution in [0.5, 0.6) is 0 Å². The van der Waals surface area contributed by atoms with Crippen LogP contribution in [0.1, 0.15) is 29.9 Å². The predicted octanol–water partition coefficient (Wildman–Crippen LogP) is 1.26. The maximum atomic E-state index is 12.5. The normalized spacial score (nSPS) is 13.4. The smallest absolute Gasteiger partial charge is 0.270 e. The quantitative estimate of drug-likeness (QED) is 0.653. The minimum atomic E-state index is -4.41. The molecule has 0 aromatic carbocycles. The molecule has 6 nitrogen and oxygen atoms in total. The summed E-state index contributed by atoms with van der Waals surface area (Å²) >= 11 is 0. The van der Waals surface area contributed by atoms with Crippen LogP contribution in [0.25, 0.3) is 0 Å². The number of nitrogens with one attached hydrogen (secondary N) is 1. The van der Waals surface area contributed by atoms with Gasteiger partial charge in [-0.2, -0.15) is 13.2 Å². The molecule has 20 heavy (non-hydrogen) atoms. The first kappa shape index (κ1) is 14.4. The molecular formula is C11H13F3N6. The summed E-state index contributed by atoms with van der Waals surface area (Å²) in [6.45, 7) is 2.43. The van der Waals surface area contributed by atoms with Gasteiger partial charge in [-0.25, -0.2) is 10.1 Å². The Morgan fingerprint density at radius 2 is 2.10 bits per heavy atom. The Morgan fingerprint density at radius 1 is 1.35 bits per heavy atom. The lowest BCUT2D eigenvalue weighted by Gasteiger charge is -2.16. The van der Waals surface area contributed by atoms with Crippen LogP contribution in [-0.4, -0.2) is 20.0 Å². The molecule has 0 fully saturated rings. The van der Waals surface area contributed by atoms with Crippen LogP contribution in [0.4, 0.5) is 13.2 Å². The van der Waals surface area contributed by atoms with Gasteiger partial charge in [-0.15, -0.1) is 5.10 Å². The Labute approximate surface area is 112 Å². The second kappa shape index (κ2) is 5.55. The molecule has 0 aliphatic heterocycles. The van der Waals surface area contributed by atoms with E-state index in [4.69, 9.17) is 5.84 Å². The van der Waals surface area contributed by atoms with Gasteiger partial charge in [0, 0.05) is 12.7 Å². The molecule has 0 saturated heterocycles. The highest BCUT2D eigenvalue weighted by Gasteiger charge is 2.31. The Kier molecular flexibility index (Phi) is 4.00. The minimum absolute atomic E-state index is 0.359. The van der Waals surface area contributed by atoms with Crippen LogP contribution in [-0.2, 0) is 12.7 Å². The SMILES string of the molecule is CCn1nncc1C(NN)c1ccc(C(F)(F)F)cn1. The van der Waals surface area contributed by atoms with Crippen molar-refractivity contribution in [2.45, 2.75) is 25.7 Å². The highest BCUT2D eigenvalue weighted by atomic mass is 19.4. The van der Waals surface area contributed by atoms with E-state index in [1.165, 1.54) is 12.3 Å². The summed E-state index contributed by atoms with van der Waals surface area (Å²) in [5, 5.41) is 7.60. The molecule has 1 atom stereocenters. The number of hydrazine groups is 1. The summed E-state index contributed by atoms with van der Waals surface area (Å²) in [5.41, 5.74) is 2.69. The molecular weight excluding hydrogens is 273 g/mol. The van der Waals surface area contributed by atoms with Gasteiger partial charge in [-0.3, -0.25) is 10.8 Å². The lowest BCUT2D eigenvalue weighted by molar-refractivity contribution is -0.137. The first-order valence-electron chi connectivity index (χ1n) is 5.85. The Hall–Kier alpha value is -2.00. The number of pyridine rings is 1. The third-order valence-corrected chi connectivity index (χ3v) is 2.82. The van der Waals surface area contributed by atoms with Gasteiger partial charge in [-0.1, -0.05) is 5.21 Å². The van der Waals surface area contributed by atoms with Crippen LogP contribution in [0.3, 0.4) is 0 Å². The molecule has 108 valence electrons. The third-order valence-electron chi connectivity index (χ3n) is 2.82. The van der Waals surface area contributed by atoms with E-state index in [1.807, 2.05) is 6.92 Å². The lowest BCUT2D eigenvalue weighted by atomic mass is 10.1. The molecule has 2 aromatic heterocycles. The summed E-state index contributed by atoms with van der Waals surface area (Å²) < 4.78 is 39.1. The van der Waals surface area contributed by atoms with E-state index in [2.05, 4.69) is 20.7 Å². The topological polar surface area (TPSA) is 81.7 Å². The number of nitrogens with zero attached hydrogens (tertiary/aromatic N) is 4. The molecule has 0 aliphatic carbocycles. The van der Waals surface area contributed by atoms with Gasteiger partial charge in [0.1, 0.15) is 6.04 Å². The second-order valence-electron chi connectivity index (χ2n) is 4.04. The standard InChI is InChI=1S/C11H13F3N6/c1-2-20-9(6-17-19-20)10(18-15)8-4-3-7(5-16-8)11(12,13)14/h3-6,10,18H,2,15H2,1H3. The highest BCUT2D eigenvalue weighted by Crippen LogP contribution is 2.29. The lowest BCUT2D eigenvalue weighted by Crippen LogP contribution is -2.31. The fourth-order valence-corrected chi connectivity index (χ4v) is 1.80. The van der Waals surface area contributed by atoms with Crippen molar-refractivity contribution in [2.75, 3.05) is 0 Å². The molecule has 0 radical (unpaired) electrons. The summed E-state index contributed by atoms with van der Waals surface area (Å²) in [6.07, 6.45) is -2.14. The summed E-state index contributed by atoms with van der Waals surface area (Å²) in [7, 11) is 0. The average Bonchev–Trinajstić information content (AvgIpc) is 2.87. The number of hydrogen-bond acceptors (Lipinski definition) is 5. The first-order chi connectivity index (χ1) is 9.47. The van der Waals surface area contributed by atoms with E-state index in [0.29, 0.717) is 17.9 Å². The number of rotatable bonds is 4. The fraction of sp³-hybridized carbons (Fsp3) is 0.364. The molecule has 0 amide bonds. The van der Waals surface area contributed by atoms with Crippen molar-refractivity contribution in [3.05, 3.63) is 41.5 Å². The molecule has 2 aromatic rings. The molecule has 9 heteroatoms. The number of alkyl halides is 3. The summed E-state index contributed by atoms with van der Waals surface area (Å²) in [5.74, 6) is 5.46. The largest absolute Gasteiger partial charge is 0.417 e. The van der Waals surface area contributed by atoms with Crippen molar-refractivity contribution in [1.29, 1.82) is 0 Å². The Balaban J connectivity index is 2.33. The number of halogens is 3. The first-order valence-corrected chi connectivity index (χ1v) is 5.85. The van der Waals surface area contributed by atoms with Gasteiger partial charge in [-0.05, 0) is 19.1 Å². The second-order valence-corrected chi connectivity index (χ2v) is 4.04. The molecule has 0 saturated carbocycles. The van der Waals surface area contributed by atoms with E-state index < -0.39 is 17.8 Å². The van der Waals surface area contributed by atoms with E-state index in [-0.39, 0.29) is 0 Å². The van der Waals surface area contributed by atoms with Crippen LogP contribution in [0, 0.1) is 0 Å². The van der Waals surface area contributed by atoms with Gasteiger partial charge in [0.25, 0.3) is 0 Å². The molecule has 0 aliphatic rings. The third kappa shape index (κ3) is 2.78. The van der Waals surface area contributed by atoms with Crippen molar-refractivity contribution in [1.82, 2.24) is 25.4 Å². The van der Waals surface area contributed by atoms with Crippen LogP contribution in [0.2, 0.25) is 0 Å². The van der Waals surface area contributed by atoms with E-state index in [9.17, 15) is 13.2 Å². The number of hydrogen-bond donors (Lipinski definition) is 2. The molecule has 0 spiro atoms. The van der Waals surface area contributed by atoms with Crippen LogP contribution < -0.4 is 11.3 Å². The van der Waals surface area contributed by atoms with Crippen molar-refractivity contribution in [3.8, 4) is 0 Å². The Bertz CT molecular complexity index is 562. The van der Waals surface area contributed by atoms with E-state index in [0.717, 1.165) is 12.3 Å². The molecule has 3 N–H and O–H groups in total.